The van der Waals surface area contributed by atoms with Crippen LogP contribution in [0.15, 0.2) is 0 Å². The van der Waals surface area contributed by atoms with Gasteiger partial charge in [0.15, 0.2) is 0 Å². The smallest absolute Gasteiger partial charge is 0.0669 e. The molecule has 2 nitrogen and oxygen atoms in total. The van der Waals surface area contributed by atoms with Gasteiger partial charge >= 0.3 is 0 Å². The van der Waals surface area contributed by atoms with E-state index in [1.807, 2.05) is 0 Å². The quantitative estimate of drug-likeness (QED) is 0.614. The predicted octanol–water partition coefficient (Wildman–Crippen LogP) is 2.48. The minimum absolute atomic E-state index is 0.101. The van der Waals surface area contributed by atoms with Gasteiger partial charge in [0.1, 0.15) is 0 Å². The number of hydrogen-bond acceptors (Lipinski definition) is 2. The van der Waals surface area contributed by atoms with Crippen LogP contribution in [0.2, 0.25) is 0 Å². The van der Waals surface area contributed by atoms with Gasteiger partial charge in [0.25, 0.3) is 0 Å². The molecule has 0 unspecified atom stereocenters. The van der Waals surface area contributed by atoms with E-state index in [1.54, 1.807) is 0 Å². The van der Waals surface area contributed by atoms with Gasteiger partial charge in [0.2, 0.25) is 0 Å². The van der Waals surface area contributed by atoms with E-state index in [4.69, 9.17) is 5.11 Å². The molecular weight excluding hydrogens is 164 g/mol. The summed E-state index contributed by atoms with van der Waals surface area (Å²) in [6, 6.07) is 0. The Hall–Kier alpha value is -0.0800. The SMILES string of the molecule is CCCCC(O)(CCO)CCCC. The first-order valence-electron chi connectivity index (χ1n) is 5.51. The molecule has 0 amide bonds. The Kier molecular flexibility index (Phi) is 7.29. The monoisotopic (exact) mass is 188 g/mol. The lowest BCUT2D eigenvalue weighted by Gasteiger charge is -2.27. The number of aliphatic hydroxyl groups is 2. The third kappa shape index (κ3) is 6.05. The summed E-state index contributed by atoms with van der Waals surface area (Å²) in [4.78, 5) is 0. The molecule has 80 valence electrons. The molecule has 0 aliphatic carbocycles. The van der Waals surface area contributed by atoms with Gasteiger partial charge in [-0.25, -0.2) is 0 Å². The molecule has 0 bridgehead atoms. The summed E-state index contributed by atoms with van der Waals surface area (Å²) in [6.45, 7) is 4.35. The first-order chi connectivity index (χ1) is 6.18. The normalized spacial score (nSPS) is 12.0. The van der Waals surface area contributed by atoms with Crippen molar-refractivity contribution in [2.24, 2.45) is 0 Å². The molecule has 0 aromatic carbocycles. The molecule has 0 aliphatic heterocycles. The van der Waals surface area contributed by atoms with Crippen LogP contribution in [0.25, 0.3) is 0 Å². The standard InChI is InChI=1S/C11H24O2/c1-3-5-7-11(13,9-10-12)8-6-4-2/h12-13H,3-10H2,1-2H3. The van der Waals surface area contributed by atoms with Gasteiger partial charge in [-0.3, -0.25) is 0 Å². The summed E-state index contributed by atoms with van der Waals surface area (Å²) in [5.41, 5.74) is -0.596. The van der Waals surface area contributed by atoms with E-state index in [0.29, 0.717) is 6.42 Å². The van der Waals surface area contributed by atoms with Gasteiger partial charge in [0.05, 0.1) is 5.60 Å². The predicted molar refractivity (Wildman–Crippen MR) is 55.7 cm³/mol. The number of rotatable bonds is 8. The molecule has 0 fully saturated rings. The van der Waals surface area contributed by atoms with Gasteiger partial charge in [0, 0.05) is 6.61 Å². The molecule has 0 aliphatic rings. The molecule has 0 heterocycles. The molecule has 0 aromatic rings. The fraction of sp³-hybridized carbons (Fsp3) is 1.00. The zero-order valence-electron chi connectivity index (χ0n) is 9.05. The van der Waals surface area contributed by atoms with E-state index < -0.39 is 5.60 Å². The summed E-state index contributed by atoms with van der Waals surface area (Å²) in [6.07, 6.45) is 6.54. The van der Waals surface area contributed by atoms with Crippen LogP contribution in [0, 0.1) is 0 Å². The molecule has 0 saturated heterocycles. The van der Waals surface area contributed by atoms with E-state index in [9.17, 15) is 5.11 Å². The zero-order chi connectivity index (χ0) is 10.2. The summed E-state index contributed by atoms with van der Waals surface area (Å²) >= 11 is 0. The van der Waals surface area contributed by atoms with Gasteiger partial charge < -0.3 is 10.2 Å². The van der Waals surface area contributed by atoms with E-state index in [1.165, 1.54) is 0 Å². The van der Waals surface area contributed by atoms with Crippen molar-refractivity contribution < 1.29 is 10.2 Å². The Bertz CT molecular complexity index is 105. The van der Waals surface area contributed by atoms with Crippen LogP contribution >= 0.6 is 0 Å². The van der Waals surface area contributed by atoms with Crippen molar-refractivity contribution in [3.05, 3.63) is 0 Å². The van der Waals surface area contributed by atoms with Crippen molar-refractivity contribution in [2.75, 3.05) is 6.61 Å². The average Bonchev–Trinajstić information content (AvgIpc) is 2.12. The summed E-state index contributed by atoms with van der Waals surface area (Å²) in [7, 11) is 0. The van der Waals surface area contributed by atoms with Crippen molar-refractivity contribution in [2.45, 2.75) is 64.4 Å². The molecule has 2 heteroatoms. The second kappa shape index (κ2) is 7.34. The van der Waals surface area contributed by atoms with Crippen molar-refractivity contribution in [3.8, 4) is 0 Å². The van der Waals surface area contributed by atoms with E-state index in [-0.39, 0.29) is 6.61 Å². The summed E-state index contributed by atoms with van der Waals surface area (Å²) in [5.74, 6) is 0. The van der Waals surface area contributed by atoms with Crippen molar-refractivity contribution >= 4 is 0 Å². The second-order valence-electron chi connectivity index (χ2n) is 3.91. The van der Waals surface area contributed by atoms with E-state index in [0.717, 1.165) is 38.5 Å². The van der Waals surface area contributed by atoms with E-state index in [2.05, 4.69) is 13.8 Å². The van der Waals surface area contributed by atoms with Crippen LogP contribution in [-0.4, -0.2) is 22.4 Å². The van der Waals surface area contributed by atoms with Crippen LogP contribution < -0.4 is 0 Å². The lowest BCUT2D eigenvalue weighted by atomic mass is 9.88. The second-order valence-corrected chi connectivity index (χ2v) is 3.91. The van der Waals surface area contributed by atoms with Crippen molar-refractivity contribution in [1.29, 1.82) is 0 Å². The maximum Gasteiger partial charge on any atom is 0.0669 e. The van der Waals surface area contributed by atoms with Crippen molar-refractivity contribution in [3.63, 3.8) is 0 Å². The van der Waals surface area contributed by atoms with Crippen LogP contribution in [0.4, 0.5) is 0 Å². The van der Waals surface area contributed by atoms with Crippen LogP contribution in [0.3, 0.4) is 0 Å². The Labute approximate surface area is 82.0 Å². The van der Waals surface area contributed by atoms with Crippen molar-refractivity contribution in [1.82, 2.24) is 0 Å². The number of unbranched alkanes of at least 4 members (excludes halogenated alkanes) is 2. The maximum atomic E-state index is 10.1. The Balaban J connectivity index is 3.84. The number of aliphatic hydroxyl groups excluding tert-OH is 1. The molecule has 0 atom stereocenters. The van der Waals surface area contributed by atoms with Crippen LogP contribution in [-0.2, 0) is 0 Å². The highest BCUT2D eigenvalue weighted by Gasteiger charge is 2.24. The molecule has 0 rings (SSSR count). The van der Waals surface area contributed by atoms with Gasteiger partial charge in [-0.2, -0.15) is 0 Å². The summed E-state index contributed by atoms with van der Waals surface area (Å²) < 4.78 is 0. The average molecular weight is 188 g/mol. The molecule has 0 aromatic heterocycles. The van der Waals surface area contributed by atoms with Gasteiger partial charge in [-0.15, -0.1) is 0 Å². The Morgan fingerprint density at radius 3 is 1.69 bits per heavy atom. The highest BCUT2D eigenvalue weighted by atomic mass is 16.3. The maximum absolute atomic E-state index is 10.1. The Morgan fingerprint density at radius 2 is 1.38 bits per heavy atom. The zero-order valence-corrected chi connectivity index (χ0v) is 9.05. The van der Waals surface area contributed by atoms with Crippen LogP contribution in [0.1, 0.15) is 58.8 Å². The molecular formula is C11H24O2. The summed E-state index contributed by atoms with van der Waals surface area (Å²) in [5, 5.41) is 19.0. The fourth-order valence-electron chi connectivity index (χ4n) is 1.59. The minimum atomic E-state index is -0.596. The van der Waals surface area contributed by atoms with E-state index >= 15 is 0 Å². The minimum Gasteiger partial charge on any atom is -0.396 e. The Morgan fingerprint density at radius 1 is 0.923 bits per heavy atom. The fourth-order valence-corrected chi connectivity index (χ4v) is 1.59. The van der Waals surface area contributed by atoms with Crippen LogP contribution in [0.5, 0.6) is 0 Å². The third-order valence-corrected chi connectivity index (χ3v) is 2.57. The highest BCUT2D eigenvalue weighted by Crippen LogP contribution is 2.24. The van der Waals surface area contributed by atoms with Gasteiger partial charge in [-0.1, -0.05) is 39.5 Å². The highest BCUT2D eigenvalue weighted by molar-refractivity contribution is 4.77. The molecule has 0 radical (unpaired) electrons. The first kappa shape index (κ1) is 12.9. The molecule has 13 heavy (non-hydrogen) atoms. The third-order valence-electron chi connectivity index (χ3n) is 2.57. The lowest BCUT2D eigenvalue weighted by molar-refractivity contribution is -0.00335. The molecule has 0 saturated carbocycles. The first-order valence-corrected chi connectivity index (χ1v) is 5.51. The lowest BCUT2D eigenvalue weighted by Crippen LogP contribution is -2.29. The molecule has 2 N–H and O–H groups in total. The largest absolute Gasteiger partial charge is 0.396 e. The molecule has 0 spiro atoms. The number of hydrogen-bond donors (Lipinski definition) is 2. The topological polar surface area (TPSA) is 40.5 Å². The van der Waals surface area contributed by atoms with Gasteiger partial charge in [-0.05, 0) is 19.3 Å².